The van der Waals surface area contributed by atoms with Crippen molar-refractivity contribution in [2.75, 3.05) is 0 Å². The van der Waals surface area contributed by atoms with Crippen LogP contribution in [0.1, 0.15) is 5.56 Å². The molecule has 26 heavy (non-hydrogen) atoms. The fourth-order valence-corrected chi connectivity index (χ4v) is 2.46. The summed E-state index contributed by atoms with van der Waals surface area (Å²) in [5, 5.41) is 13.8. The monoisotopic (exact) mass is 355 g/mol. The maximum Gasteiger partial charge on any atom is 0.251 e. The summed E-state index contributed by atoms with van der Waals surface area (Å²) in [6.45, 7) is 0.121. The second-order valence-corrected chi connectivity index (χ2v) is 5.39. The zero-order chi connectivity index (χ0) is 18.1. The molecule has 1 N–H and O–H groups in total. The highest BCUT2D eigenvalue weighted by atomic mass is 19.1. The van der Waals surface area contributed by atoms with E-state index in [4.69, 9.17) is 4.42 Å². The Labute approximate surface area is 145 Å². The molecule has 0 radical (unpaired) electrons. The molecule has 0 amide bonds. The molecule has 4 rings (SSSR count). The number of halogens is 2. The molecule has 0 aliphatic heterocycles. The smallest absolute Gasteiger partial charge is 0.251 e. The van der Waals surface area contributed by atoms with Crippen molar-refractivity contribution < 1.29 is 18.3 Å². The minimum atomic E-state index is -0.935. The molecule has 0 saturated carbocycles. The maximum absolute atomic E-state index is 14.0. The van der Waals surface area contributed by atoms with Gasteiger partial charge in [0.25, 0.3) is 5.88 Å². The Bertz CT molecular complexity index is 1060. The molecule has 0 atom stereocenters. The summed E-state index contributed by atoms with van der Waals surface area (Å²) in [7, 11) is 0. The minimum Gasteiger partial charge on any atom is -0.491 e. The van der Waals surface area contributed by atoms with Gasteiger partial charge in [-0.25, -0.2) is 14.4 Å². The second-order valence-electron chi connectivity index (χ2n) is 5.39. The van der Waals surface area contributed by atoms with Gasteiger partial charge >= 0.3 is 0 Å². The van der Waals surface area contributed by atoms with Crippen molar-refractivity contribution in [1.29, 1.82) is 0 Å². The van der Waals surface area contributed by atoms with E-state index in [1.165, 1.54) is 23.3 Å². The van der Waals surface area contributed by atoms with Crippen molar-refractivity contribution in [3.05, 3.63) is 66.3 Å². The van der Waals surface area contributed by atoms with Crippen LogP contribution in [0.25, 0.3) is 23.0 Å². The van der Waals surface area contributed by atoms with Gasteiger partial charge in [0.1, 0.15) is 17.2 Å². The normalized spacial score (nSPS) is 11.0. The molecule has 9 heteroatoms. The summed E-state index contributed by atoms with van der Waals surface area (Å²) in [5.74, 6) is -1.65. The lowest BCUT2D eigenvalue weighted by Gasteiger charge is -2.06. The van der Waals surface area contributed by atoms with Crippen molar-refractivity contribution in [2.24, 2.45) is 0 Å². The van der Waals surface area contributed by atoms with E-state index in [1.54, 1.807) is 24.3 Å². The Morgan fingerprint density at radius 2 is 1.96 bits per heavy atom. The predicted octanol–water partition coefficient (Wildman–Crippen LogP) is 3.03. The first kappa shape index (κ1) is 15.9. The van der Waals surface area contributed by atoms with Gasteiger partial charge in [0.2, 0.25) is 5.82 Å². The average Bonchev–Trinajstić information content (AvgIpc) is 3.29. The molecule has 0 spiro atoms. The zero-order valence-electron chi connectivity index (χ0n) is 13.2. The summed E-state index contributed by atoms with van der Waals surface area (Å²) < 4.78 is 34.0. The van der Waals surface area contributed by atoms with Crippen molar-refractivity contribution >= 4 is 0 Å². The highest BCUT2D eigenvalue weighted by Crippen LogP contribution is 2.26. The maximum atomic E-state index is 14.0. The summed E-state index contributed by atoms with van der Waals surface area (Å²) in [6, 6.07) is 7.90. The molecule has 3 aromatic heterocycles. The van der Waals surface area contributed by atoms with Crippen LogP contribution in [0.2, 0.25) is 0 Å². The van der Waals surface area contributed by atoms with Crippen LogP contribution in [0.15, 0.2) is 53.5 Å². The molecule has 0 aliphatic rings. The van der Waals surface area contributed by atoms with E-state index in [0.717, 1.165) is 6.20 Å². The van der Waals surface area contributed by atoms with Crippen LogP contribution in [-0.4, -0.2) is 29.8 Å². The van der Waals surface area contributed by atoms with Crippen molar-refractivity contribution in [3.8, 4) is 28.9 Å². The number of oxazole rings is 1. The Morgan fingerprint density at radius 1 is 1.12 bits per heavy atom. The van der Waals surface area contributed by atoms with Crippen molar-refractivity contribution in [1.82, 2.24) is 24.7 Å². The largest absolute Gasteiger partial charge is 0.491 e. The third-order valence-electron chi connectivity index (χ3n) is 3.70. The van der Waals surface area contributed by atoms with Gasteiger partial charge in [0, 0.05) is 5.56 Å². The number of hydrogen-bond donors (Lipinski definition) is 1. The van der Waals surface area contributed by atoms with Gasteiger partial charge in [0.15, 0.2) is 18.0 Å². The van der Waals surface area contributed by atoms with Crippen LogP contribution in [-0.2, 0) is 6.54 Å². The van der Waals surface area contributed by atoms with Crippen LogP contribution in [0, 0.1) is 11.6 Å². The topological polar surface area (TPSA) is 89.9 Å². The van der Waals surface area contributed by atoms with Gasteiger partial charge in [-0.3, -0.25) is 4.68 Å². The van der Waals surface area contributed by atoms with Gasteiger partial charge in [-0.1, -0.05) is 18.2 Å². The molecular formula is C17H11F2N5O2. The van der Waals surface area contributed by atoms with E-state index < -0.39 is 11.7 Å². The summed E-state index contributed by atoms with van der Waals surface area (Å²) in [5.41, 5.74) is 1.20. The molecule has 0 unspecified atom stereocenters. The average molecular weight is 355 g/mol. The van der Waals surface area contributed by atoms with Crippen LogP contribution in [0.3, 0.4) is 0 Å². The number of aromatic nitrogens is 5. The number of benzene rings is 1. The summed E-state index contributed by atoms with van der Waals surface area (Å²) >= 11 is 0. The van der Waals surface area contributed by atoms with E-state index in [0.29, 0.717) is 17.0 Å². The molecule has 130 valence electrons. The second kappa shape index (κ2) is 6.36. The minimum absolute atomic E-state index is 0.0250. The number of rotatable bonds is 4. The molecule has 0 aliphatic carbocycles. The molecule has 1 aromatic carbocycles. The fourth-order valence-electron chi connectivity index (χ4n) is 2.46. The van der Waals surface area contributed by atoms with E-state index >= 15 is 0 Å². The zero-order valence-corrected chi connectivity index (χ0v) is 13.2. The first-order chi connectivity index (χ1) is 12.6. The van der Waals surface area contributed by atoms with Gasteiger partial charge in [0.05, 0.1) is 18.9 Å². The van der Waals surface area contributed by atoms with E-state index in [1.807, 2.05) is 0 Å². The van der Waals surface area contributed by atoms with Gasteiger partial charge < -0.3 is 9.52 Å². The third-order valence-corrected chi connectivity index (χ3v) is 3.70. The van der Waals surface area contributed by atoms with E-state index in [2.05, 4.69) is 20.1 Å². The SMILES string of the molecule is Oc1nc(-c2cc(-c3cnco3)n(Cc3ccccc3F)n2)ncc1F. The van der Waals surface area contributed by atoms with Crippen LogP contribution in [0.5, 0.6) is 5.88 Å². The molecular weight excluding hydrogens is 344 g/mol. The third kappa shape index (κ3) is 2.90. The van der Waals surface area contributed by atoms with Gasteiger partial charge in [-0.05, 0) is 12.1 Å². The number of aromatic hydroxyl groups is 1. The fraction of sp³-hybridized carbons (Fsp3) is 0.0588. The Balaban J connectivity index is 1.80. The molecule has 0 fully saturated rings. The van der Waals surface area contributed by atoms with Crippen molar-refractivity contribution in [3.63, 3.8) is 0 Å². The van der Waals surface area contributed by atoms with Crippen molar-refractivity contribution in [2.45, 2.75) is 6.54 Å². The van der Waals surface area contributed by atoms with Crippen LogP contribution < -0.4 is 0 Å². The lowest BCUT2D eigenvalue weighted by atomic mass is 10.2. The molecule has 0 saturated heterocycles. The molecule has 0 bridgehead atoms. The highest BCUT2D eigenvalue weighted by Gasteiger charge is 2.18. The standard InChI is InChI=1S/C17H11F2N5O2/c18-11-4-2-1-3-10(11)8-24-14(15-7-20-9-26-15)5-13(23-24)16-21-6-12(19)17(25)22-16/h1-7,9H,8H2,(H,21,22,25). The van der Waals surface area contributed by atoms with Crippen LogP contribution in [0.4, 0.5) is 8.78 Å². The lowest BCUT2D eigenvalue weighted by Crippen LogP contribution is -2.05. The van der Waals surface area contributed by atoms with E-state index in [-0.39, 0.29) is 23.9 Å². The summed E-state index contributed by atoms with van der Waals surface area (Å²) in [6.07, 6.45) is 3.60. The van der Waals surface area contributed by atoms with Gasteiger partial charge in [-0.15, -0.1) is 0 Å². The molecule has 7 nitrogen and oxygen atoms in total. The molecule has 4 aromatic rings. The molecule has 3 heterocycles. The Hall–Kier alpha value is -3.62. The first-order valence-corrected chi connectivity index (χ1v) is 7.54. The lowest BCUT2D eigenvalue weighted by molar-refractivity contribution is 0.409. The highest BCUT2D eigenvalue weighted by molar-refractivity contribution is 5.61. The van der Waals surface area contributed by atoms with E-state index in [9.17, 15) is 13.9 Å². The quantitative estimate of drug-likeness (QED) is 0.605. The van der Waals surface area contributed by atoms with Gasteiger partial charge in [-0.2, -0.15) is 14.5 Å². The summed E-state index contributed by atoms with van der Waals surface area (Å²) in [4.78, 5) is 11.4. The van der Waals surface area contributed by atoms with Crippen LogP contribution >= 0.6 is 0 Å². The Kier molecular flexibility index (Phi) is 3.88. The number of nitrogens with zero attached hydrogens (tertiary/aromatic N) is 5. The predicted molar refractivity (Wildman–Crippen MR) is 85.9 cm³/mol. The first-order valence-electron chi connectivity index (χ1n) is 7.54. The Morgan fingerprint density at radius 3 is 2.69 bits per heavy atom. The number of hydrogen-bond acceptors (Lipinski definition) is 6.